The number of aryl methyl sites for hydroxylation is 2. The van der Waals surface area contributed by atoms with Crippen molar-refractivity contribution in [2.24, 2.45) is 5.73 Å². The van der Waals surface area contributed by atoms with E-state index in [1.54, 1.807) is 48.5 Å². The van der Waals surface area contributed by atoms with E-state index in [0.717, 1.165) is 22.6 Å². The minimum atomic E-state index is -0.569. The highest BCUT2D eigenvalue weighted by atomic mass is 35.5. The second-order valence-electron chi connectivity index (χ2n) is 7.96. The van der Waals surface area contributed by atoms with Crippen LogP contribution < -0.4 is 16.0 Å². The van der Waals surface area contributed by atoms with Crippen molar-refractivity contribution < 1.29 is 14.4 Å². The van der Waals surface area contributed by atoms with E-state index in [-0.39, 0.29) is 10.7 Å². The number of carbonyl (C=O) groups excluding carboxylic acids is 3. The van der Waals surface area contributed by atoms with E-state index in [1.165, 1.54) is 4.90 Å². The Kier molecular flexibility index (Phi) is 6.12. The molecule has 9 heteroatoms. The minimum absolute atomic E-state index is 0.00733. The van der Waals surface area contributed by atoms with Gasteiger partial charge in [-0.15, -0.1) is 0 Å². The summed E-state index contributed by atoms with van der Waals surface area (Å²) in [5, 5.41) is 3.07. The van der Waals surface area contributed by atoms with Gasteiger partial charge in [0, 0.05) is 27.7 Å². The molecule has 1 saturated heterocycles. The molecule has 0 saturated carbocycles. The van der Waals surface area contributed by atoms with E-state index in [4.69, 9.17) is 29.6 Å². The average Bonchev–Trinajstić information content (AvgIpc) is 3.06. The van der Waals surface area contributed by atoms with E-state index >= 15 is 0 Å². The van der Waals surface area contributed by atoms with Gasteiger partial charge in [-0.25, -0.2) is 0 Å². The monoisotopic (exact) mass is 492 g/mol. The van der Waals surface area contributed by atoms with Crippen LogP contribution in [0.3, 0.4) is 0 Å². The molecule has 34 heavy (non-hydrogen) atoms. The van der Waals surface area contributed by atoms with E-state index in [0.29, 0.717) is 21.8 Å². The zero-order valence-electron chi connectivity index (χ0n) is 18.7. The fraction of sp³-hybridized carbons (Fsp3) is 0.120. The molecular formula is C25H21ClN4O3S. The zero-order chi connectivity index (χ0) is 24.7. The summed E-state index contributed by atoms with van der Waals surface area (Å²) in [6, 6.07) is 13.9. The quantitative estimate of drug-likeness (QED) is 0.327. The summed E-state index contributed by atoms with van der Waals surface area (Å²) in [4.78, 5) is 38.7. The lowest BCUT2D eigenvalue weighted by molar-refractivity contribution is -0.122. The van der Waals surface area contributed by atoms with Crippen molar-refractivity contribution >= 4 is 58.4 Å². The third-order valence-corrected chi connectivity index (χ3v) is 6.39. The van der Waals surface area contributed by atoms with Crippen molar-refractivity contribution in [3.63, 3.8) is 0 Å². The van der Waals surface area contributed by atoms with E-state index < -0.39 is 17.7 Å². The first-order valence-electron chi connectivity index (χ1n) is 10.3. The van der Waals surface area contributed by atoms with Gasteiger partial charge in [-0.2, -0.15) is 0 Å². The molecule has 0 unspecified atom stereocenters. The normalized spacial score (nSPS) is 15.1. The maximum atomic E-state index is 13.3. The number of nitrogens with zero attached hydrogens (tertiary/aromatic N) is 2. The first-order chi connectivity index (χ1) is 16.1. The van der Waals surface area contributed by atoms with Crippen LogP contribution in [0.25, 0.3) is 11.8 Å². The highest BCUT2D eigenvalue weighted by Crippen LogP contribution is 2.28. The molecule has 3 N–H and O–H groups in total. The van der Waals surface area contributed by atoms with Gasteiger partial charge in [0.2, 0.25) is 5.91 Å². The second kappa shape index (κ2) is 8.89. The van der Waals surface area contributed by atoms with E-state index in [1.807, 2.05) is 31.4 Å². The number of anilines is 1. The summed E-state index contributed by atoms with van der Waals surface area (Å²) in [5.41, 5.74) is 10.2. The van der Waals surface area contributed by atoms with Gasteiger partial charge < -0.3 is 10.3 Å². The number of amides is 3. The molecule has 0 radical (unpaired) electrons. The lowest BCUT2D eigenvalue weighted by Crippen LogP contribution is -2.54. The molecule has 1 fully saturated rings. The molecule has 0 spiro atoms. The van der Waals surface area contributed by atoms with Crippen LogP contribution in [-0.4, -0.2) is 27.4 Å². The number of carbonyl (C=O) groups is 3. The first kappa shape index (κ1) is 23.4. The van der Waals surface area contributed by atoms with Crippen LogP contribution in [-0.2, 0) is 9.59 Å². The molecule has 1 aromatic heterocycles. The van der Waals surface area contributed by atoms with Gasteiger partial charge in [0.05, 0.1) is 5.69 Å². The standard InChI is InChI=1S/C25H21ClN4O3S/c1-13-4-7-19(12-21(13)26)30-24(33)20(23(32)28-25(30)34)11-17-10-14(2)29(15(17)3)18-8-5-16(6-9-18)22(27)31/h4-12H,1-3H3,(H2,27,31)(H,28,32,34)/b20-11+. The van der Waals surface area contributed by atoms with Crippen LogP contribution in [0.2, 0.25) is 5.02 Å². The highest BCUT2D eigenvalue weighted by molar-refractivity contribution is 7.80. The summed E-state index contributed by atoms with van der Waals surface area (Å²) >= 11 is 11.5. The van der Waals surface area contributed by atoms with Crippen molar-refractivity contribution in [2.45, 2.75) is 20.8 Å². The van der Waals surface area contributed by atoms with Crippen molar-refractivity contribution in [3.05, 3.63) is 87.2 Å². The van der Waals surface area contributed by atoms with Crippen LogP contribution >= 0.6 is 23.8 Å². The largest absolute Gasteiger partial charge is 0.366 e. The van der Waals surface area contributed by atoms with Crippen LogP contribution in [0.4, 0.5) is 5.69 Å². The number of hydrogen-bond acceptors (Lipinski definition) is 4. The fourth-order valence-corrected chi connectivity index (χ4v) is 4.33. The first-order valence-corrected chi connectivity index (χ1v) is 11.1. The van der Waals surface area contributed by atoms with Gasteiger partial charge in [0.25, 0.3) is 11.8 Å². The summed E-state index contributed by atoms with van der Waals surface area (Å²) < 4.78 is 1.96. The van der Waals surface area contributed by atoms with Gasteiger partial charge >= 0.3 is 0 Å². The summed E-state index contributed by atoms with van der Waals surface area (Å²) in [7, 11) is 0. The molecule has 2 heterocycles. The Morgan fingerprint density at radius 2 is 1.68 bits per heavy atom. The molecule has 1 aliphatic heterocycles. The number of rotatable bonds is 4. The lowest BCUT2D eigenvalue weighted by atomic mass is 10.1. The molecule has 3 amide bonds. The van der Waals surface area contributed by atoms with Gasteiger partial charge in [0.1, 0.15) is 5.57 Å². The van der Waals surface area contributed by atoms with Gasteiger partial charge in [-0.1, -0.05) is 17.7 Å². The number of nitrogens with one attached hydrogen (secondary N) is 1. The van der Waals surface area contributed by atoms with Crippen LogP contribution in [0, 0.1) is 20.8 Å². The van der Waals surface area contributed by atoms with Gasteiger partial charge in [-0.3, -0.25) is 24.6 Å². The Labute approximate surface area is 206 Å². The fourth-order valence-electron chi connectivity index (χ4n) is 3.87. The van der Waals surface area contributed by atoms with Crippen molar-refractivity contribution in [1.82, 2.24) is 9.88 Å². The molecule has 172 valence electrons. The third kappa shape index (κ3) is 4.13. The number of primary amides is 1. The van der Waals surface area contributed by atoms with Crippen LogP contribution in [0.5, 0.6) is 0 Å². The maximum Gasteiger partial charge on any atom is 0.270 e. The molecule has 7 nitrogen and oxygen atoms in total. The minimum Gasteiger partial charge on any atom is -0.366 e. The Hall–Kier alpha value is -3.75. The molecule has 1 aliphatic rings. The van der Waals surface area contributed by atoms with Crippen LogP contribution in [0.1, 0.15) is 32.9 Å². The molecule has 0 atom stereocenters. The smallest absolute Gasteiger partial charge is 0.270 e. The Morgan fingerprint density at radius 3 is 2.29 bits per heavy atom. The molecule has 2 aromatic carbocycles. The molecule has 3 aromatic rings. The second-order valence-corrected chi connectivity index (χ2v) is 8.76. The number of thiocarbonyl (C=S) groups is 1. The van der Waals surface area contributed by atoms with Crippen LogP contribution in [0.15, 0.2) is 54.1 Å². The van der Waals surface area contributed by atoms with Crippen molar-refractivity contribution in [2.75, 3.05) is 4.90 Å². The van der Waals surface area contributed by atoms with Crippen molar-refractivity contribution in [1.29, 1.82) is 0 Å². The molecular weight excluding hydrogens is 472 g/mol. The third-order valence-electron chi connectivity index (χ3n) is 5.70. The predicted molar refractivity (Wildman–Crippen MR) is 136 cm³/mol. The van der Waals surface area contributed by atoms with Crippen molar-refractivity contribution in [3.8, 4) is 5.69 Å². The topological polar surface area (TPSA) is 97.4 Å². The Balaban J connectivity index is 1.74. The molecule has 0 bridgehead atoms. The summed E-state index contributed by atoms with van der Waals surface area (Å²) in [6.45, 7) is 5.65. The number of halogens is 1. The maximum absolute atomic E-state index is 13.3. The van der Waals surface area contributed by atoms with Gasteiger partial charge in [0.15, 0.2) is 5.11 Å². The highest BCUT2D eigenvalue weighted by Gasteiger charge is 2.35. The number of benzene rings is 2. The average molecular weight is 493 g/mol. The number of aromatic nitrogens is 1. The predicted octanol–water partition coefficient (Wildman–Crippen LogP) is 3.99. The summed E-state index contributed by atoms with van der Waals surface area (Å²) in [6.07, 6.45) is 1.55. The van der Waals surface area contributed by atoms with Gasteiger partial charge in [-0.05, 0) is 92.7 Å². The Morgan fingerprint density at radius 1 is 1.03 bits per heavy atom. The number of nitrogens with two attached hydrogens (primary N) is 1. The SMILES string of the molecule is Cc1ccc(N2C(=O)/C(=C/c3cc(C)n(-c4ccc(C(N)=O)cc4)c3C)C(=O)NC2=S)cc1Cl. The Bertz CT molecular complexity index is 1410. The zero-order valence-corrected chi connectivity index (χ0v) is 20.3. The van der Waals surface area contributed by atoms with E-state index in [9.17, 15) is 14.4 Å². The molecule has 4 rings (SSSR count). The number of hydrogen-bond donors (Lipinski definition) is 2. The summed E-state index contributed by atoms with van der Waals surface area (Å²) in [5.74, 6) is -1.61. The van der Waals surface area contributed by atoms with E-state index in [2.05, 4.69) is 5.32 Å². The molecule has 0 aliphatic carbocycles. The lowest BCUT2D eigenvalue weighted by Gasteiger charge is -2.29.